The van der Waals surface area contributed by atoms with Crippen molar-refractivity contribution in [3.05, 3.63) is 0 Å². The van der Waals surface area contributed by atoms with Gasteiger partial charge in [0.05, 0.1) is 0 Å². The molecular weight excluding hydrogens is 122 g/mol. The molecule has 1 aliphatic carbocycles. The fourth-order valence-corrected chi connectivity index (χ4v) is 1.97. The summed E-state index contributed by atoms with van der Waals surface area (Å²) in [6.07, 6.45) is 8.08. The highest BCUT2D eigenvalue weighted by Crippen LogP contribution is 2.26. The summed E-state index contributed by atoms with van der Waals surface area (Å²) in [5.41, 5.74) is 5.97. The van der Waals surface area contributed by atoms with Crippen LogP contribution in [-0.4, -0.2) is 6.04 Å². The maximum Gasteiger partial charge on any atom is 0.00671 e. The molecule has 1 fully saturated rings. The second-order valence-electron chi connectivity index (χ2n) is 3.50. The van der Waals surface area contributed by atoms with Gasteiger partial charge in [-0.3, -0.25) is 0 Å². The molecule has 0 bridgehead atoms. The molecule has 2 unspecified atom stereocenters. The Morgan fingerprint density at radius 1 is 1.30 bits per heavy atom. The van der Waals surface area contributed by atoms with Gasteiger partial charge in [-0.05, 0) is 25.2 Å². The van der Waals surface area contributed by atoms with Crippen LogP contribution in [0, 0.1) is 5.92 Å². The van der Waals surface area contributed by atoms with Crippen molar-refractivity contribution < 1.29 is 0 Å². The lowest BCUT2D eigenvalue weighted by Gasteiger charge is -2.27. The van der Waals surface area contributed by atoms with E-state index in [0.29, 0.717) is 6.04 Å². The van der Waals surface area contributed by atoms with E-state index < -0.39 is 0 Å². The van der Waals surface area contributed by atoms with Crippen molar-refractivity contribution in [2.45, 2.75) is 51.5 Å². The maximum atomic E-state index is 5.97. The summed E-state index contributed by atoms with van der Waals surface area (Å²) in [4.78, 5) is 0. The summed E-state index contributed by atoms with van der Waals surface area (Å²) < 4.78 is 0. The first-order chi connectivity index (χ1) is 4.84. The molecule has 1 nitrogen and oxygen atoms in total. The molecule has 1 aliphatic rings. The molecule has 0 aromatic rings. The minimum atomic E-state index is 0.522. The Balaban J connectivity index is 2.25. The van der Waals surface area contributed by atoms with Crippen molar-refractivity contribution in [3.8, 4) is 0 Å². The lowest BCUT2D eigenvalue weighted by Crippen LogP contribution is -2.32. The highest BCUT2D eigenvalue weighted by molar-refractivity contribution is 4.77. The van der Waals surface area contributed by atoms with Gasteiger partial charge in [-0.25, -0.2) is 0 Å². The Bertz CT molecular complexity index is 88.7. The van der Waals surface area contributed by atoms with Crippen LogP contribution < -0.4 is 5.73 Å². The largest absolute Gasteiger partial charge is 0.327 e. The molecule has 10 heavy (non-hydrogen) atoms. The lowest BCUT2D eigenvalue weighted by molar-refractivity contribution is 0.290. The van der Waals surface area contributed by atoms with Crippen molar-refractivity contribution in [1.82, 2.24) is 0 Å². The maximum absolute atomic E-state index is 5.97. The van der Waals surface area contributed by atoms with E-state index in [-0.39, 0.29) is 0 Å². The Morgan fingerprint density at radius 2 is 2.00 bits per heavy atom. The number of hydrogen-bond donors (Lipinski definition) is 1. The zero-order chi connectivity index (χ0) is 7.40. The highest BCUT2D eigenvalue weighted by atomic mass is 14.7. The van der Waals surface area contributed by atoms with Crippen molar-refractivity contribution in [3.63, 3.8) is 0 Å². The van der Waals surface area contributed by atoms with Crippen LogP contribution in [0.25, 0.3) is 0 Å². The SMILES string of the molecule is CCCC1CCCCC1N. The van der Waals surface area contributed by atoms with Crippen LogP contribution in [0.4, 0.5) is 0 Å². The van der Waals surface area contributed by atoms with E-state index in [1.54, 1.807) is 0 Å². The lowest BCUT2D eigenvalue weighted by atomic mass is 9.82. The topological polar surface area (TPSA) is 26.0 Å². The summed E-state index contributed by atoms with van der Waals surface area (Å²) in [5, 5.41) is 0. The van der Waals surface area contributed by atoms with Gasteiger partial charge in [0.15, 0.2) is 0 Å². The van der Waals surface area contributed by atoms with E-state index in [9.17, 15) is 0 Å². The third-order valence-corrected chi connectivity index (χ3v) is 2.63. The quantitative estimate of drug-likeness (QED) is 0.627. The fraction of sp³-hybridized carbons (Fsp3) is 1.00. The molecule has 0 saturated heterocycles. The first kappa shape index (κ1) is 8.06. The van der Waals surface area contributed by atoms with Gasteiger partial charge in [0, 0.05) is 6.04 Å². The van der Waals surface area contributed by atoms with E-state index in [4.69, 9.17) is 5.73 Å². The van der Waals surface area contributed by atoms with Gasteiger partial charge in [-0.15, -0.1) is 0 Å². The van der Waals surface area contributed by atoms with Crippen molar-refractivity contribution >= 4 is 0 Å². The van der Waals surface area contributed by atoms with Crippen molar-refractivity contribution in [2.75, 3.05) is 0 Å². The third kappa shape index (κ3) is 1.98. The molecule has 60 valence electrons. The molecule has 0 aromatic carbocycles. The molecule has 2 N–H and O–H groups in total. The van der Waals surface area contributed by atoms with Crippen LogP contribution >= 0.6 is 0 Å². The van der Waals surface area contributed by atoms with Crippen LogP contribution in [0.1, 0.15) is 45.4 Å². The van der Waals surface area contributed by atoms with Gasteiger partial charge in [0.2, 0.25) is 0 Å². The van der Waals surface area contributed by atoms with Crippen LogP contribution in [0.2, 0.25) is 0 Å². The Kier molecular flexibility index (Phi) is 3.20. The molecule has 1 rings (SSSR count). The smallest absolute Gasteiger partial charge is 0.00671 e. The summed E-state index contributed by atoms with van der Waals surface area (Å²) >= 11 is 0. The zero-order valence-electron chi connectivity index (χ0n) is 6.97. The second-order valence-corrected chi connectivity index (χ2v) is 3.50. The van der Waals surface area contributed by atoms with Gasteiger partial charge in [0.25, 0.3) is 0 Å². The first-order valence-corrected chi connectivity index (χ1v) is 4.60. The molecule has 0 aliphatic heterocycles. The van der Waals surface area contributed by atoms with E-state index in [1.807, 2.05) is 0 Å². The van der Waals surface area contributed by atoms with E-state index in [0.717, 1.165) is 5.92 Å². The third-order valence-electron chi connectivity index (χ3n) is 2.63. The predicted octanol–water partition coefficient (Wildman–Crippen LogP) is 2.30. The standard InChI is InChI=1S/C9H19N/c1-2-5-8-6-3-4-7-9(8)10/h8-9H,2-7,10H2,1H3. The van der Waals surface area contributed by atoms with Crippen molar-refractivity contribution in [2.24, 2.45) is 11.7 Å². The normalized spacial score (nSPS) is 34.2. The molecule has 0 radical (unpaired) electrons. The van der Waals surface area contributed by atoms with E-state index in [2.05, 4.69) is 6.92 Å². The minimum Gasteiger partial charge on any atom is -0.327 e. The predicted molar refractivity (Wildman–Crippen MR) is 44.8 cm³/mol. The molecule has 0 heterocycles. The van der Waals surface area contributed by atoms with Crippen molar-refractivity contribution in [1.29, 1.82) is 0 Å². The summed E-state index contributed by atoms with van der Waals surface area (Å²) in [6.45, 7) is 2.25. The molecule has 1 heteroatoms. The summed E-state index contributed by atoms with van der Waals surface area (Å²) in [5.74, 6) is 0.846. The Morgan fingerprint density at radius 3 is 2.60 bits per heavy atom. The molecular formula is C9H19N. The minimum absolute atomic E-state index is 0.522. The number of rotatable bonds is 2. The van der Waals surface area contributed by atoms with Gasteiger partial charge in [-0.2, -0.15) is 0 Å². The first-order valence-electron chi connectivity index (χ1n) is 4.60. The van der Waals surface area contributed by atoms with E-state index >= 15 is 0 Å². The van der Waals surface area contributed by atoms with Crippen LogP contribution in [-0.2, 0) is 0 Å². The van der Waals surface area contributed by atoms with Crippen LogP contribution in [0.3, 0.4) is 0 Å². The van der Waals surface area contributed by atoms with Crippen LogP contribution in [0.15, 0.2) is 0 Å². The average Bonchev–Trinajstić information content (AvgIpc) is 1.94. The Hall–Kier alpha value is -0.0400. The molecule has 1 saturated carbocycles. The molecule has 0 spiro atoms. The summed E-state index contributed by atoms with van der Waals surface area (Å²) in [7, 11) is 0. The molecule has 2 atom stereocenters. The number of nitrogens with two attached hydrogens (primary N) is 1. The van der Waals surface area contributed by atoms with Crippen LogP contribution in [0.5, 0.6) is 0 Å². The summed E-state index contributed by atoms with van der Waals surface area (Å²) in [6, 6.07) is 0.522. The molecule has 0 aromatic heterocycles. The molecule has 0 amide bonds. The van der Waals surface area contributed by atoms with Gasteiger partial charge in [-0.1, -0.05) is 26.2 Å². The second kappa shape index (κ2) is 3.97. The van der Waals surface area contributed by atoms with Gasteiger partial charge >= 0.3 is 0 Å². The van der Waals surface area contributed by atoms with E-state index in [1.165, 1.54) is 38.5 Å². The Labute approximate surface area is 64.0 Å². The number of hydrogen-bond acceptors (Lipinski definition) is 1. The van der Waals surface area contributed by atoms with Gasteiger partial charge in [0.1, 0.15) is 0 Å². The average molecular weight is 141 g/mol. The fourth-order valence-electron chi connectivity index (χ4n) is 1.97. The highest BCUT2D eigenvalue weighted by Gasteiger charge is 2.19. The zero-order valence-corrected chi connectivity index (χ0v) is 6.97. The van der Waals surface area contributed by atoms with Gasteiger partial charge < -0.3 is 5.73 Å². The monoisotopic (exact) mass is 141 g/mol.